The third kappa shape index (κ3) is 3.77. The summed E-state index contributed by atoms with van der Waals surface area (Å²) in [5.74, 6) is 0. The number of halogens is 2. The molecule has 1 saturated heterocycles. The smallest absolute Gasteiger partial charge is 0.323 e. The number of carbonyl (C=O) groups excluding carboxylic acids is 1. The SMILES string of the molecule is Cc1cc(N(C)C2CCN(C(=O)Nc3ncc(Cl)s3)C2)ccc1Cl. The number of amides is 2. The van der Waals surface area contributed by atoms with Crippen LogP contribution in [0.4, 0.5) is 15.6 Å². The Hall–Kier alpha value is -1.50. The molecule has 1 aromatic heterocycles. The van der Waals surface area contributed by atoms with E-state index in [2.05, 4.69) is 28.3 Å². The molecular formula is C16H18Cl2N4OS. The number of nitrogens with one attached hydrogen (secondary N) is 1. The molecule has 0 bridgehead atoms. The monoisotopic (exact) mass is 384 g/mol. The van der Waals surface area contributed by atoms with Crippen LogP contribution in [0.3, 0.4) is 0 Å². The second kappa shape index (κ2) is 7.17. The molecule has 128 valence electrons. The van der Waals surface area contributed by atoms with Gasteiger partial charge in [0.15, 0.2) is 5.13 Å². The van der Waals surface area contributed by atoms with Gasteiger partial charge in [0.05, 0.1) is 6.20 Å². The van der Waals surface area contributed by atoms with E-state index in [1.165, 1.54) is 17.5 Å². The maximum atomic E-state index is 12.3. The fourth-order valence-corrected chi connectivity index (χ4v) is 3.70. The predicted octanol–water partition coefficient (Wildman–Crippen LogP) is 4.50. The molecule has 0 aliphatic carbocycles. The standard InChI is InChI=1S/C16H18Cl2N4OS/c1-10-7-11(3-4-13(10)17)21(2)12-5-6-22(9-12)16(23)20-15-19-8-14(18)24-15/h3-4,7-8,12H,5-6,9H2,1-2H3,(H,19,20,23). The molecule has 2 aromatic rings. The number of aryl methyl sites for hydroxylation is 1. The van der Waals surface area contributed by atoms with Crippen molar-refractivity contribution in [3.8, 4) is 0 Å². The number of likely N-dealkylation sites (N-methyl/N-ethyl adjacent to an activating group) is 1. The predicted molar refractivity (Wildman–Crippen MR) is 101 cm³/mol. The van der Waals surface area contributed by atoms with Crippen LogP contribution in [0.15, 0.2) is 24.4 Å². The molecule has 5 nitrogen and oxygen atoms in total. The molecule has 1 N–H and O–H groups in total. The Kier molecular flexibility index (Phi) is 5.18. The van der Waals surface area contributed by atoms with Crippen molar-refractivity contribution in [2.24, 2.45) is 0 Å². The average molecular weight is 385 g/mol. The lowest BCUT2D eigenvalue weighted by Gasteiger charge is -2.27. The molecule has 1 aliphatic rings. The van der Waals surface area contributed by atoms with Gasteiger partial charge in [-0.25, -0.2) is 9.78 Å². The number of urea groups is 1. The molecule has 2 heterocycles. The van der Waals surface area contributed by atoms with E-state index in [0.29, 0.717) is 22.6 Å². The van der Waals surface area contributed by atoms with E-state index in [1.54, 1.807) is 4.90 Å². The van der Waals surface area contributed by atoms with Crippen molar-refractivity contribution in [3.05, 3.63) is 39.3 Å². The zero-order chi connectivity index (χ0) is 17.3. The van der Waals surface area contributed by atoms with Gasteiger partial charge in [-0.15, -0.1) is 0 Å². The summed E-state index contributed by atoms with van der Waals surface area (Å²) in [4.78, 5) is 20.4. The van der Waals surface area contributed by atoms with Gasteiger partial charge in [0.1, 0.15) is 4.34 Å². The molecule has 0 radical (unpaired) electrons. The highest BCUT2D eigenvalue weighted by Crippen LogP contribution is 2.27. The van der Waals surface area contributed by atoms with Gasteiger partial charge in [0.2, 0.25) is 0 Å². The number of benzene rings is 1. The van der Waals surface area contributed by atoms with Crippen LogP contribution in [0.5, 0.6) is 0 Å². The third-order valence-corrected chi connectivity index (χ3v) is 5.69. The zero-order valence-corrected chi connectivity index (χ0v) is 15.8. The van der Waals surface area contributed by atoms with Gasteiger partial charge < -0.3 is 9.80 Å². The lowest BCUT2D eigenvalue weighted by atomic mass is 10.1. The van der Waals surface area contributed by atoms with Crippen LogP contribution in [0, 0.1) is 6.92 Å². The maximum Gasteiger partial charge on any atom is 0.323 e. The second-order valence-electron chi connectivity index (χ2n) is 5.83. The van der Waals surface area contributed by atoms with E-state index in [0.717, 1.165) is 22.7 Å². The Morgan fingerprint density at radius 3 is 2.92 bits per heavy atom. The van der Waals surface area contributed by atoms with E-state index in [4.69, 9.17) is 23.2 Å². The third-order valence-electron chi connectivity index (χ3n) is 4.24. The van der Waals surface area contributed by atoms with E-state index in [1.807, 2.05) is 19.1 Å². The molecule has 8 heteroatoms. The number of hydrogen-bond donors (Lipinski definition) is 1. The number of carbonyl (C=O) groups is 1. The Morgan fingerprint density at radius 1 is 1.46 bits per heavy atom. The fraction of sp³-hybridized carbons (Fsp3) is 0.375. The van der Waals surface area contributed by atoms with Crippen molar-refractivity contribution >= 4 is 51.4 Å². The number of rotatable bonds is 3. The van der Waals surface area contributed by atoms with Gasteiger partial charge in [0, 0.05) is 36.9 Å². The minimum absolute atomic E-state index is 0.135. The first-order valence-electron chi connectivity index (χ1n) is 7.60. The van der Waals surface area contributed by atoms with Crippen molar-refractivity contribution in [1.82, 2.24) is 9.88 Å². The van der Waals surface area contributed by atoms with Crippen molar-refractivity contribution in [3.63, 3.8) is 0 Å². The molecule has 1 aromatic carbocycles. The van der Waals surface area contributed by atoms with E-state index in [-0.39, 0.29) is 12.1 Å². The summed E-state index contributed by atoms with van der Waals surface area (Å²) in [7, 11) is 2.05. The molecule has 3 rings (SSSR count). The van der Waals surface area contributed by atoms with Crippen LogP contribution in [-0.4, -0.2) is 42.1 Å². The van der Waals surface area contributed by atoms with Crippen molar-refractivity contribution in [2.75, 3.05) is 30.4 Å². The highest BCUT2D eigenvalue weighted by Gasteiger charge is 2.29. The number of nitrogens with zero attached hydrogens (tertiary/aromatic N) is 3. The van der Waals surface area contributed by atoms with Gasteiger partial charge in [-0.05, 0) is 37.1 Å². The summed E-state index contributed by atoms with van der Waals surface area (Å²) in [5, 5.41) is 4.08. The van der Waals surface area contributed by atoms with Crippen LogP contribution in [0.2, 0.25) is 9.36 Å². The summed E-state index contributed by atoms with van der Waals surface area (Å²) in [6.45, 7) is 3.38. The summed E-state index contributed by atoms with van der Waals surface area (Å²) >= 11 is 13.2. The number of thiazole rings is 1. The average Bonchev–Trinajstić information content (AvgIpc) is 3.18. The minimum Gasteiger partial charge on any atom is -0.370 e. The molecule has 1 unspecified atom stereocenters. The molecule has 0 spiro atoms. The lowest BCUT2D eigenvalue weighted by molar-refractivity contribution is 0.222. The van der Waals surface area contributed by atoms with Gasteiger partial charge in [-0.3, -0.25) is 5.32 Å². The van der Waals surface area contributed by atoms with Crippen molar-refractivity contribution in [1.29, 1.82) is 0 Å². The largest absolute Gasteiger partial charge is 0.370 e. The molecule has 1 atom stereocenters. The Labute approximate surface area is 155 Å². The van der Waals surface area contributed by atoms with Gasteiger partial charge >= 0.3 is 6.03 Å². The van der Waals surface area contributed by atoms with Gasteiger partial charge in [-0.2, -0.15) is 0 Å². The first kappa shape index (κ1) is 17.3. The van der Waals surface area contributed by atoms with Crippen LogP contribution in [0.1, 0.15) is 12.0 Å². The zero-order valence-electron chi connectivity index (χ0n) is 13.4. The number of hydrogen-bond acceptors (Lipinski definition) is 4. The van der Waals surface area contributed by atoms with Crippen LogP contribution in [-0.2, 0) is 0 Å². The Balaban J connectivity index is 1.61. The second-order valence-corrected chi connectivity index (χ2v) is 7.90. The highest BCUT2D eigenvalue weighted by atomic mass is 35.5. The quantitative estimate of drug-likeness (QED) is 0.846. The lowest BCUT2D eigenvalue weighted by Crippen LogP contribution is -2.38. The molecule has 0 saturated carbocycles. The summed E-state index contributed by atoms with van der Waals surface area (Å²) in [6, 6.07) is 6.13. The molecule has 1 aliphatic heterocycles. The van der Waals surface area contributed by atoms with Crippen LogP contribution in [0.25, 0.3) is 0 Å². The first-order valence-corrected chi connectivity index (χ1v) is 9.17. The minimum atomic E-state index is -0.135. The Morgan fingerprint density at radius 2 is 2.25 bits per heavy atom. The topological polar surface area (TPSA) is 48.5 Å². The maximum absolute atomic E-state index is 12.3. The van der Waals surface area contributed by atoms with E-state index < -0.39 is 0 Å². The number of aromatic nitrogens is 1. The molecule has 24 heavy (non-hydrogen) atoms. The highest BCUT2D eigenvalue weighted by molar-refractivity contribution is 7.19. The summed E-state index contributed by atoms with van der Waals surface area (Å²) in [6.07, 6.45) is 2.45. The van der Waals surface area contributed by atoms with E-state index >= 15 is 0 Å². The molecule has 1 fully saturated rings. The summed E-state index contributed by atoms with van der Waals surface area (Å²) < 4.78 is 0.558. The molecule has 2 amide bonds. The number of likely N-dealkylation sites (tertiary alicyclic amines) is 1. The normalized spacial score (nSPS) is 17.2. The van der Waals surface area contributed by atoms with Gasteiger partial charge in [0.25, 0.3) is 0 Å². The van der Waals surface area contributed by atoms with E-state index in [9.17, 15) is 4.79 Å². The van der Waals surface area contributed by atoms with Crippen molar-refractivity contribution < 1.29 is 4.79 Å². The summed E-state index contributed by atoms with van der Waals surface area (Å²) in [5.41, 5.74) is 2.16. The first-order chi connectivity index (χ1) is 11.4. The van der Waals surface area contributed by atoms with Gasteiger partial charge in [-0.1, -0.05) is 34.5 Å². The van der Waals surface area contributed by atoms with Crippen LogP contribution >= 0.6 is 34.5 Å². The van der Waals surface area contributed by atoms with Crippen molar-refractivity contribution in [2.45, 2.75) is 19.4 Å². The fourth-order valence-electron chi connectivity index (χ4n) is 2.78. The molecular weight excluding hydrogens is 367 g/mol. The number of anilines is 2. The van der Waals surface area contributed by atoms with Crippen LogP contribution < -0.4 is 10.2 Å². The Bertz CT molecular complexity index is 751.